The summed E-state index contributed by atoms with van der Waals surface area (Å²) in [7, 11) is 0. The van der Waals surface area contributed by atoms with Crippen LogP contribution in [0, 0.1) is 17.8 Å². The molecule has 3 heteroatoms. The van der Waals surface area contributed by atoms with E-state index in [1.807, 2.05) is 18.2 Å². The van der Waals surface area contributed by atoms with Crippen molar-refractivity contribution in [2.75, 3.05) is 0 Å². The Morgan fingerprint density at radius 3 is 2.65 bits per heavy atom. The van der Waals surface area contributed by atoms with Crippen molar-refractivity contribution in [2.24, 2.45) is 23.5 Å². The van der Waals surface area contributed by atoms with Crippen LogP contribution in [-0.2, 0) is 6.42 Å². The van der Waals surface area contributed by atoms with Crippen molar-refractivity contribution in [2.45, 2.75) is 31.7 Å². The second-order valence-corrected chi connectivity index (χ2v) is 6.28. The van der Waals surface area contributed by atoms with Crippen LogP contribution in [0.25, 0.3) is 0 Å². The van der Waals surface area contributed by atoms with Crippen LogP contribution in [0.15, 0.2) is 18.2 Å². The van der Waals surface area contributed by atoms with Crippen LogP contribution in [0.4, 0.5) is 0 Å². The SMILES string of the molecule is NC(Cc1cc(Cl)ccc1Cl)C1C2CCCC21. The van der Waals surface area contributed by atoms with E-state index in [4.69, 9.17) is 28.9 Å². The molecule has 0 aliphatic heterocycles. The van der Waals surface area contributed by atoms with Gasteiger partial charge in [-0.1, -0.05) is 29.6 Å². The van der Waals surface area contributed by atoms with E-state index in [1.54, 1.807) is 0 Å². The number of hydrogen-bond acceptors (Lipinski definition) is 1. The molecule has 3 atom stereocenters. The topological polar surface area (TPSA) is 26.0 Å². The zero-order valence-electron chi connectivity index (χ0n) is 9.70. The minimum Gasteiger partial charge on any atom is -0.327 e. The van der Waals surface area contributed by atoms with Crippen molar-refractivity contribution in [1.82, 2.24) is 0 Å². The van der Waals surface area contributed by atoms with E-state index in [-0.39, 0.29) is 6.04 Å². The van der Waals surface area contributed by atoms with E-state index in [2.05, 4.69) is 0 Å². The number of rotatable bonds is 3. The maximum Gasteiger partial charge on any atom is 0.0439 e. The van der Waals surface area contributed by atoms with E-state index >= 15 is 0 Å². The molecule has 0 radical (unpaired) electrons. The molecule has 0 aromatic heterocycles. The maximum atomic E-state index is 6.32. The summed E-state index contributed by atoms with van der Waals surface area (Å²) in [6.07, 6.45) is 5.02. The lowest BCUT2D eigenvalue weighted by Crippen LogP contribution is -2.27. The standard InChI is InChI=1S/C14H17Cl2N/c15-9-4-5-12(16)8(6-9)7-13(17)14-10-2-1-3-11(10)14/h4-6,10-11,13-14H,1-3,7,17H2. The zero-order valence-corrected chi connectivity index (χ0v) is 11.2. The van der Waals surface area contributed by atoms with Crippen molar-refractivity contribution in [3.05, 3.63) is 33.8 Å². The summed E-state index contributed by atoms with van der Waals surface area (Å²) in [6, 6.07) is 5.88. The van der Waals surface area contributed by atoms with Gasteiger partial charge < -0.3 is 5.73 Å². The third-order valence-electron chi connectivity index (χ3n) is 4.43. The summed E-state index contributed by atoms with van der Waals surface area (Å²) in [5.41, 5.74) is 7.41. The zero-order chi connectivity index (χ0) is 12.0. The van der Waals surface area contributed by atoms with Crippen LogP contribution in [0.1, 0.15) is 24.8 Å². The highest BCUT2D eigenvalue weighted by molar-refractivity contribution is 6.33. The predicted molar refractivity (Wildman–Crippen MR) is 72.5 cm³/mol. The highest BCUT2D eigenvalue weighted by atomic mass is 35.5. The molecule has 2 N–H and O–H groups in total. The summed E-state index contributed by atoms with van der Waals surface area (Å²) in [4.78, 5) is 0. The summed E-state index contributed by atoms with van der Waals surface area (Å²) >= 11 is 12.2. The Hall–Kier alpha value is -0.240. The Balaban J connectivity index is 1.68. The van der Waals surface area contributed by atoms with Gasteiger partial charge in [0.15, 0.2) is 0 Å². The fraction of sp³-hybridized carbons (Fsp3) is 0.571. The highest BCUT2D eigenvalue weighted by Gasteiger charge is 2.54. The minimum absolute atomic E-state index is 0.251. The fourth-order valence-corrected chi connectivity index (χ4v) is 3.99. The molecule has 2 aliphatic rings. The van der Waals surface area contributed by atoms with Crippen molar-refractivity contribution in [3.8, 4) is 0 Å². The van der Waals surface area contributed by atoms with E-state index in [1.165, 1.54) is 19.3 Å². The Labute approximate surface area is 112 Å². The molecule has 3 rings (SSSR count). The van der Waals surface area contributed by atoms with Crippen molar-refractivity contribution in [3.63, 3.8) is 0 Å². The molecule has 1 aromatic rings. The van der Waals surface area contributed by atoms with Crippen molar-refractivity contribution >= 4 is 23.2 Å². The fourth-order valence-electron chi connectivity index (χ4n) is 3.60. The molecule has 0 amide bonds. The largest absolute Gasteiger partial charge is 0.327 e. The summed E-state index contributed by atoms with van der Waals surface area (Å²) < 4.78 is 0. The van der Waals surface area contributed by atoms with Crippen LogP contribution in [0.3, 0.4) is 0 Å². The lowest BCUT2D eigenvalue weighted by atomic mass is 9.98. The minimum atomic E-state index is 0.251. The summed E-state index contributed by atoms with van der Waals surface area (Å²) in [6.45, 7) is 0. The third kappa shape index (κ3) is 2.21. The van der Waals surface area contributed by atoms with Gasteiger partial charge in [0.25, 0.3) is 0 Å². The Morgan fingerprint density at radius 2 is 1.94 bits per heavy atom. The molecule has 0 saturated heterocycles. The van der Waals surface area contributed by atoms with Crippen molar-refractivity contribution in [1.29, 1.82) is 0 Å². The molecule has 1 aromatic carbocycles. The molecule has 1 nitrogen and oxygen atoms in total. The normalized spacial score (nSPS) is 32.3. The molecule has 3 unspecified atom stereocenters. The second kappa shape index (κ2) is 4.46. The van der Waals surface area contributed by atoms with Gasteiger partial charge in [-0.05, 0) is 60.8 Å². The van der Waals surface area contributed by atoms with Crippen LogP contribution in [0.5, 0.6) is 0 Å². The highest BCUT2D eigenvalue weighted by Crippen LogP contribution is 2.58. The first kappa shape index (κ1) is 11.8. The number of benzene rings is 1. The molecule has 92 valence electrons. The number of nitrogens with two attached hydrogens (primary N) is 1. The predicted octanol–water partition coefficient (Wildman–Crippen LogP) is 3.91. The first-order chi connectivity index (χ1) is 8.16. The molecule has 2 aliphatic carbocycles. The maximum absolute atomic E-state index is 6.32. The lowest BCUT2D eigenvalue weighted by Gasteiger charge is -2.14. The summed E-state index contributed by atoms with van der Waals surface area (Å²) in [5, 5.41) is 1.53. The molecule has 0 bridgehead atoms. The average Bonchev–Trinajstić information content (AvgIpc) is 2.78. The lowest BCUT2D eigenvalue weighted by molar-refractivity contribution is 0.484. The van der Waals surface area contributed by atoms with Crippen LogP contribution >= 0.6 is 23.2 Å². The Bertz CT molecular complexity index is 422. The van der Waals surface area contributed by atoms with Crippen LogP contribution in [-0.4, -0.2) is 6.04 Å². The van der Waals surface area contributed by atoms with Gasteiger partial charge in [-0.15, -0.1) is 0 Å². The van der Waals surface area contributed by atoms with Gasteiger partial charge in [0, 0.05) is 16.1 Å². The molecule has 17 heavy (non-hydrogen) atoms. The summed E-state index contributed by atoms with van der Waals surface area (Å²) in [5.74, 6) is 2.55. The molecule has 2 saturated carbocycles. The Kier molecular flexibility index (Phi) is 3.10. The molecular weight excluding hydrogens is 253 g/mol. The van der Waals surface area contributed by atoms with Gasteiger partial charge >= 0.3 is 0 Å². The van der Waals surface area contributed by atoms with Gasteiger partial charge in [0.05, 0.1) is 0 Å². The van der Waals surface area contributed by atoms with E-state index in [9.17, 15) is 0 Å². The molecule has 0 heterocycles. The molecule has 0 spiro atoms. The van der Waals surface area contributed by atoms with Gasteiger partial charge in [-0.3, -0.25) is 0 Å². The molecule has 2 fully saturated rings. The van der Waals surface area contributed by atoms with Gasteiger partial charge in [-0.25, -0.2) is 0 Å². The van der Waals surface area contributed by atoms with Crippen LogP contribution < -0.4 is 5.73 Å². The van der Waals surface area contributed by atoms with Crippen LogP contribution in [0.2, 0.25) is 10.0 Å². The first-order valence-electron chi connectivity index (χ1n) is 6.36. The van der Waals surface area contributed by atoms with Gasteiger partial charge in [0.1, 0.15) is 0 Å². The monoisotopic (exact) mass is 269 g/mol. The smallest absolute Gasteiger partial charge is 0.0439 e. The van der Waals surface area contributed by atoms with Crippen molar-refractivity contribution < 1.29 is 0 Å². The Morgan fingerprint density at radius 1 is 1.24 bits per heavy atom. The number of halogens is 2. The first-order valence-corrected chi connectivity index (χ1v) is 7.12. The number of fused-ring (bicyclic) bond motifs is 1. The van der Waals surface area contributed by atoms with Gasteiger partial charge in [-0.2, -0.15) is 0 Å². The van der Waals surface area contributed by atoms with Gasteiger partial charge in [0.2, 0.25) is 0 Å². The van der Waals surface area contributed by atoms with E-state index in [0.717, 1.165) is 39.8 Å². The molecular formula is C14H17Cl2N. The third-order valence-corrected chi connectivity index (χ3v) is 5.03. The van der Waals surface area contributed by atoms with E-state index < -0.39 is 0 Å². The van der Waals surface area contributed by atoms with E-state index in [0.29, 0.717) is 0 Å². The quantitative estimate of drug-likeness (QED) is 0.885. The second-order valence-electron chi connectivity index (χ2n) is 5.44. The number of hydrogen-bond donors (Lipinski definition) is 1. The average molecular weight is 270 g/mol.